The molecule has 0 aliphatic carbocycles. The molecule has 0 bridgehead atoms. The predicted octanol–water partition coefficient (Wildman–Crippen LogP) is 2.84. The van der Waals surface area contributed by atoms with E-state index in [2.05, 4.69) is 20.6 Å². The van der Waals surface area contributed by atoms with E-state index in [0.717, 1.165) is 29.9 Å². The van der Waals surface area contributed by atoms with Gasteiger partial charge in [-0.25, -0.2) is 9.97 Å². The molecule has 0 saturated heterocycles. The van der Waals surface area contributed by atoms with Gasteiger partial charge < -0.3 is 10.6 Å². The standard InChI is InChI=1S/C13H11F3N4/c14-13(15,16)9-2-1-3-10(4-9)19-12-18-6-8-5-17-7-11(8)20-12/h1-4,6,17H,5,7H2,(H,18,19,20). The number of nitrogens with zero attached hydrogens (tertiary/aromatic N) is 2. The molecule has 2 aromatic rings. The second-order valence-corrected chi connectivity index (χ2v) is 4.47. The van der Waals surface area contributed by atoms with Crippen LogP contribution in [-0.4, -0.2) is 9.97 Å². The second kappa shape index (κ2) is 4.75. The third-order valence-corrected chi connectivity index (χ3v) is 3.01. The average molecular weight is 280 g/mol. The van der Waals surface area contributed by atoms with Crippen molar-refractivity contribution in [2.24, 2.45) is 0 Å². The molecule has 1 aliphatic rings. The highest BCUT2D eigenvalue weighted by molar-refractivity contribution is 5.55. The van der Waals surface area contributed by atoms with Crippen molar-refractivity contribution in [1.82, 2.24) is 15.3 Å². The van der Waals surface area contributed by atoms with E-state index in [9.17, 15) is 13.2 Å². The van der Waals surface area contributed by atoms with Crippen LogP contribution in [0.1, 0.15) is 16.8 Å². The van der Waals surface area contributed by atoms with Crippen LogP contribution in [0.5, 0.6) is 0 Å². The molecule has 4 nitrogen and oxygen atoms in total. The molecule has 0 amide bonds. The van der Waals surface area contributed by atoms with Crippen molar-refractivity contribution >= 4 is 11.6 Å². The Morgan fingerprint density at radius 2 is 2.05 bits per heavy atom. The van der Waals surface area contributed by atoms with Crippen molar-refractivity contribution < 1.29 is 13.2 Å². The Bertz CT molecular complexity index is 640. The Labute approximate surface area is 113 Å². The summed E-state index contributed by atoms with van der Waals surface area (Å²) in [6.07, 6.45) is -2.68. The van der Waals surface area contributed by atoms with Gasteiger partial charge in [0.15, 0.2) is 0 Å². The quantitative estimate of drug-likeness (QED) is 0.888. The summed E-state index contributed by atoms with van der Waals surface area (Å²) in [5.74, 6) is 0.298. The van der Waals surface area contributed by atoms with Crippen molar-refractivity contribution in [3.63, 3.8) is 0 Å². The van der Waals surface area contributed by atoms with Crippen LogP contribution in [0.4, 0.5) is 24.8 Å². The third-order valence-electron chi connectivity index (χ3n) is 3.01. The smallest absolute Gasteiger partial charge is 0.324 e. The topological polar surface area (TPSA) is 49.8 Å². The molecule has 0 unspecified atom stereocenters. The number of benzene rings is 1. The average Bonchev–Trinajstić information content (AvgIpc) is 2.85. The number of rotatable bonds is 2. The summed E-state index contributed by atoms with van der Waals surface area (Å²) in [5.41, 5.74) is 1.49. The summed E-state index contributed by atoms with van der Waals surface area (Å²) in [4.78, 5) is 8.37. The first-order chi connectivity index (χ1) is 9.52. The van der Waals surface area contributed by atoms with E-state index >= 15 is 0 Å². The van der Waals surface area contributed by atoms with Crippen molar-refractivity contribution in [1.29, 1.82) is 0 Å². The minimum absolute atomic E-state index is 0.298. The number of aromatic nitrogens is 2. The maximum atomic E-state index is 12.6. The van der Waals surface area contributed by atoms with E-state index in [4.69, 9.17) is 0 Å². The number of nitrogens with one attached hydrogen (secondary N) is 2. The zero-order valence-electron chi connectivity index (χ0n) is 10.3. The second-order valence-electron chi connectivity index (χ2n) is 4.47. The molecule has 0 spiro atoms. The van der Waals surface area contributed by atoms with Crippen molar-refractivity contribution in [2.45, 2.75) is 19.3 Å². The third kappa shape index (κ3) is 2.57. The Kier molecular flexibility index (Phi) is 3.06. The summed E-state index contributed by atoms with van der Waals surface area (Å²) in [6.45, 7) is 1.37. The molecule has 0 saturated carbocycles. The summed E-state index contributed by atoms with van der Waals surface area (Å²) in [6, 6.07) is 4.96. The highest BCUT2D eigenvalue weighted by Crippen LogP contribution is 2.31. The number of hydrogen-bond donors (Lipinski definition) is 2. The molecular formula is C13H11F3N4. The summed E-state index contributed by atoms with van der Waals surface area (Å²) in [7, 11) is 0. The predicted molar refractivity (Wildman–Crippen MR) is 67.3 cm³/mol. The molecule has 20 heavy (non-hydrogen) atoms. The monoisotopic (exact) mass is 280 g/mol. The maximum Gasteiger partial charge on any atom is 0.416 e. The molecule has 2 heterocycles. The molecule has 0 atom stereocenters. The summed E-state index contributed by atoms with van der Waals surface area (Å²) in [5, 5.41) is 5.92. The Morgan fingerprint density at radius 3 is 2.85 bits per heavy atom. The van der Waals surface area contributed by atoms with Gasteiger partial charge >= 0.3 is 6.18 Å². The minimum Gasteiger partial charge on any atom is -0.324 e. The van der Waals surface area contributed by atoms with Crippen LogP contribution in [0.3, 0.4) is 0 Å². The number of hydrogen-bond acceptors (Lipinski definition) is 4. The zero-order valence-corrected chi connectivity index (χ0v) is 10.3. The van der Waals surface area contributed by atoms with Gasteiger partial charge in [0.25, 0.3) is 0 Å². The van der Waals surface area contributed by atoms with E-state index in [1.807, 2.05) is 0 Å². The van der Waals surface area contributed by atoms with Crippen LogP contribution in [-0.2, 0) is 19.3 Å². The molecule has 1 aromatic carbocycles. The van der Waals surface area contributed by atoms with Crippen molar-refractivity contribution in [3.05, 3.63) is 47.3 Å². The number of anilines is 2. The largest absolute Gasteiger partial charge is 0.416 e. The number of fused-ring (bicyclic) bond motifs is 1. The molecule has 104 valence electrons. The first-order valence-electron chi connectivity index (χ1n) is 6.02. The van der Waals surface area contributed by atoms with E-state index < -0.39 is 11.7 Å². The summed E-state index contributed by atoms with van der Waals surface area (Å²) >= 11 is 0. The van der Waals surface area contributed by atoms with Gasteiger partial charge in [0.2, 0.25) is 5.95 Å². The number of alkyl halides is 3. The first-order valence-corrected chi connectivity index (χ1v) is 6.02. The zero-order chi connectivity index (χ0) is 14.2. The molecule has 0 fully saturated rings. The van der Waals surface area contributed by atoms with Gasteiger partial charge in [0.05, 0.1) is 11.3 Å². The fourth-order valence-electron chi connectivity index (χ4n) is 2.02. The fraction of sp³-hybridized carbons (Fsp3) is 0.231. The molecule has 7 heteroatoms. The van der Waals surface area contributed by atoms with Gasteiger partial charge in [-0.1, -0.05) is 6.07 Å². The molecular weight excluding hydrogens is 269 g/mol. The Hall–Kier alpha value is -2.15. The van der Waals surface area contributed by atoms with Gasteiger partial charge in [0.1, 0.15) is 0 Å². The molecule has 2 N–H and O–H groups in total. The van der Waals surface area contributed by atoms with E-state index in [-0.39, 0.29) is 0 Å². The Morgan fingerprint density at radius 1 is 1.20 bits per heavy atom. The normalized spacial score (nSPS) is 14.2. The maximum absolute atomic E-state index is 12.6. The Balaban J connectivity index is 1.84. The van der Waals surface area contributed by atoms with Crippen molar-refractivity contribution in [3.8, 4) is 0 Å². The lowest BCUT2D eigenvalue weighted by Crippen LogP contribution is -2.06. The van der Waals surface area contributed by atoms with Crippen LogP contribution in [0.15, 0.2) is 30.5 Å². The van der Waals surface area contributed by atoms with Gasteiger partial charge in [-0.3, -0.25) is 0 Å². The van der Waals surface area contributed by atoms with Crippen LogP contribution >= 0.6 is 0 Å². The van der Waals surface area contributed by atoms with Crippen LogP contribution in [0.25, 0.3) is 0 Å². The van der Waals surface area contributed by atoms with E-state index in [1.165, 1.54) is 6.07 Å². The van der Waals surface area contributed by atoms with Crippen LogP contribution in [0.2, 0.25) is 0 Å². The highest BCUT2D eigenvalue weighted by Gasteiger charge is 2.30. The minimum atomic E-state index is -4.36. The van der Waals surface area contributed by atoms with Crippen LogP contribution < -0.4 is 10.6 Å². The van der Waals surface area contributed by atoms with Crippen LogP contribution in [0, 0.1) is 0 Å². The van der Waals surface area contributed by atoms with E-state index in [0.29, 0.717) is 18.2 Å². The lowest BCUT2D eigenvalue weighted by atomic mass is 10.2. The van der Waals surface area contributed by atoms with E-state index in [1.54, 1.807) is 12.3 Å². The van der Waals surface area contributed by atoms with Gasteiger partial charge in [0, 0.05) is 30.5 Å². The van der Waals surface area contributed by atoms with Gasteiger partial charge in [-0.05, 0) is 18.2 Å². The van der Waals surface area contributed by atoms with Gasteiger partial charge in [-0.2, -0.15) is 13.2 Å². The fourth-order valence-corrected chi connectivity index (χ4v) is 2.02. The highest BCUT2D eigenvalue weighted by atomic mass is 19.4. The first kappa shape index (κ1) is 12.9. The molecule has 1 aliphatic heterocycles. The summed E-state index contributed by atoms with van der Waals surface area (Å²) < 4.78 is 37.9. The van der Waals surface area contributed by atoms with Gasteiger partial charge in [-0.15, -0.1) is 0 Å². The lowest BCUT2D eigenvalue weighted by Gasteiger charge is -2.10. The SMILES string of the molecule is FC(F)(F)c1cccc(Nc2ncc3c(n2)CNC3)c1. The molecule has 0 radical (unpaired) electrons. The van der Waals surface area contributed by atoms with Crippen molar-refractivity contribution in [2.75, 3.05) is 5.32 Å². The number of halogens is 3. The lowest BCUT2D eigenvalue weighted by molar-refractivity contribution is -0.137. The molecule has 3 rings (SSSR count). The molecule has 1 aromatic heterocycles.